The van der Waals surface area contributed by atoms with Crippen LogP contribution in [0.15, 0.2) is 42.5 Å². The van der Waals surface area contributed by atoms with Crippen molar-refractivity contribution in [2.45, 2.75) is 88.6 Å². The minimum Gasteiger partial charge on any atom is -0.489 e. The number of halogens is 1. The standard InChI is InChI=1S/C33H43FN4O5/c1-33(2,42)29-31(40)37-26(18-20-9-14-24(34)15-10-20)30(39)35-17-5-8-22-6-4-7-23-13-16-25(43-28(22)23)19-36-27(21-11-12-21)32(41)38(29)3/h4,6-7,9-10,14-15,21,25-27,29,36,42H,5,8,11-13,16-19H2,1-3H3,(H,35,39)(H,37,40)/t25?,26-,27+,29-/m1/s1. The summed E-state index contributed by atoms with van der Waals surface area (Å²) < 4.78 is 20.0. The monoisotopic (exact) mass is 594 g/mol. The molecule has 2 bridgehead atoms. The van der Waals surface area contributed by atoms with Gasteiger partial charge in [0, 0.05) is 26.6 Å². The Labute approximate surface area is 252 Å². The number of carbonyl (C=O) groups excluding carboxylic acids is 3. The summed E-state index contributed by atoms with van der Waals surface area (Å²) in [7, 11) is 1.52. The van der Waals surface area contributed by atoms with Crippen molar-refractivity contribution < 1.29 is 28.6 Å². The molecule has 2 aromatic carbocycles. The van der Waals surface area contributed by atoms with Gasteiger partial charge in [0.2, 0.25) is 17.7 Å². The molecule has 1 aliphatic carbocycles. The zero-order valence-corrected chi connectivity index (χ0v) is 25.2. The molecule has 232 valence electrons. The van der Waals surface area contributed by atoms with Gasteiger partial charge in [0.1, 0.15) is 29.8 Å². The summed E-state index contributed by atoms with van der Waals surface area (Å²) in [5.74, 6) is -0.703. The topological polar surface area (TPSA) is 120 Å². The van der Waals surface area contributed by atoms with Crippen LogP contribution >= 0.6 is 0 Å². The number of fused-ring (bicyclic) bond motifs is 1. The van der Waals surface area contributed by atoms with Gasteiger partial charge in [-0.15, -0.1) is 0 Å². The van der Waals surface area contributed by atoms with E-state index >= 15 is 0 Å². The lowest BCUT2D eigenvalue weighted by atomic mass is 9.94. The first-order valence-electron chi connectivity index (χ1n) is 15.3. The van der Waals surface area contributed by atoms with Crippen LogP contribution in [0.25, 0.3) is 0 Å². The van der Waals surface area contributed by atoms with Crippen molar-refractivity contribution in [3.8, 4) is 5.75 Å². The number of ether oxygens (including phenoxy) is 1. The Morgan fingerprint density at radius 2 is 1.70 bits per heavy atom. The molecule has 3 amide bonds. The fourth-order valence-corrected chi connectivity index (χ4v) is 6.26. The third kappa shape index (κ3) is 7.54. The van der Waals surface area contributed by atoms with Gasteiger partial charge in [0.15, 0.2) is 0 Å². The molecule has 0 radical (unpaired) electrons. The predicted molar refractivity (Wildman–Crippen MR) is 160 cm³/mol. The quantitative estimate of drug-likeness (QED) is 0.431. The van der Waals surface area contributed by atoms with Crippen LogP contribution in [0.4, 0.5) is 4.39 Å². The van der Waals surface area contributed by atoms with Crippen LogP contribution in [0.2, 0.25) is 0 Å². The molecule has 2 heterocycles. The van der Waals surface area contributed by atoms with E-state index < -0.39 is 41.4 Å². The van der Waals surface area contributed by atoms with Gasteiger partial charge in [-0.25, -0.2) is 4.39 Å². The number of nitrogens with one attached hydrogen (secondary N) is 3. The summed E-state index contributed by atoms with van der Waals surface area (Å²) in [6, 6.07) is 9.13. The van der Waals surface area contributed by atoms with E-state index in [1.165, 1.54) is 37.9 Å². The molecule has 1 unspecified atom stereocenters. The number of carbonyl (C=O) groups is 3. The van der Waals surface area contributed by atoms with Gasteiger partial charge in [-0.1, -0.05) is 30.3 Å². The average molecular weight is 595 g/mol. The molecule has 9 nitrogen and oxygen atoms in total. The van der Waals surface area contributed by atoms with Crippen molar-refractivity contribution >= 4 is 17.7 Å². The van der Waals surface area contributed by atoms with Crippen LogP contribution in [0.1, 0.15) is 56.2 Å². The van der Waals surface area contributed by atoms with E-state index in [0.29, 0.717) is 31.5 Å². The van der Waals surface area contributed by atoms with E-state index in [1.54, 1.807) is 12.1 Å². The highest BCUT2D eigenvalue weighted by Crippen LogP contribution is 2.35. The van der Waals surface area contributed by atoms with Crippen LogP contribution in [0, 0.1) is 11.7 Å². The third-order valence-corrected chi connectivity index (χ3v) is 8.68. The van der Waals surface area contributed by atoms with Crippen molar-refractivity contribution in [3.05, 3.63) is 65.0 Å². The molecular weight excluding hydrogens is 551 g/mol. The minimum absolute atomic E-state index is 0.104. The van der Waals surface area contributed by atoms with Crippen molar-refractivity contribution in [1.29, 1.82) is 0 Å². The second kappa shape index (κ2) is 13.0. The maximum Gasteiger partial charge on any atom is 0.246 e. The summed E-state index contributed by atoms with van der Waals surface area (Å²) in [5, 5.41) is 20.3. The highest BCUT2D eigenvalue weighted by Gasteiger charge is 2.45. The lowest BCUT2D eigenvalue weighted by molar-refractivity contribution is -0.150. The average Bonchev–Trinajstić information content (AvgIpc) is 3.80. The van der Waals surface area contributed by atoms with Crippen LogP contribution < -0.4 is 20.7 Å². The first-order chi connectivity index (χ1) is 20.5. The first-order valence-corrected chi connectivity index (χ1v) is 15.3. The molecule has 0 saturated heterocycles. The predicted octanol–water partition coefficient (Wildman–Crippen LogP) is 2.28. The molecule has 1 saturated carbocycles. The van der Waals surface area contributed by atoms with Gasteiger partial charge >= 0.3 is 0 Å². The van der Waals surface area contributed by atoms with Crippen molar-refractivity contribution in [2.75, 3.05) is 20.1 Å². The molecule has 0 aromatic heterocycles. The second-order valence-electron chi connectivity index (χ2n) is 12.7. The molecular formula is C33H43FN4O5. The summed E-state index contributed by atoms with van der Waals surface area (Å²) >= 11 is 0. The maximum absolute atomic E-state index is 13.9. The van der Waals surface area contributed by atoms with E-state index in [1.807, 2.05) is 6.07 Å². The molecule has 2 aromatic rings. The number of para-hydroxylation sites is 1. The highest BCUT2D eigenvalue weighted by atomic mass is 19.1. The van der Waals surface area contributed by atoms with Gasteiger partial charge in [-0.2, -0.15) is 0 Å². The van der Waals surface area contributed by atoms with E-state index in [2.05, 4.69) is 28.1 Å². The van der Waals surface area contributed by atoms with Crippen molar-refractivity contribution in [3.63, 3.8) is 0 Å². The second-order valence-corrected chi connectivity index (χ2v) is 12.7. The molecule has 4 N–H and O–H groups in total. The Kier molecular flexibility index (Phi) is 9.36. The van der Waals surface area contributed by atoms with E-state index in [9.17, 15) is 23.9 Å². The molecule has 10 heteroatoms. The van der Waals surface area contributed by atoms with Crippen LogP contribution in [-0.4, -0.2) is 77.7 Å². The highest BCUT2D eigenvalue weighted by molar-refractivity contribution is 5.94. The number of rotatable bonds is 4. The molecule has 4 atom stereocenters. The van der Waals surface area contributed by atoms with Crippen molar-refractivity contribution in [2.24, 2.45) is 5.92 Å². The Balaban J connectivity index is 1.45. The lowest BCUT2D eigenvalue weighted by Gasteiger charge is -2.38. The largest absolute Gasteiger partial charge is 0.489 e. The Hall–Kier alpha value is -3.50. The number of aliphatic hydroxyl groups is 1. The van der Waals surface area contributed by atoms with Gasteiger partial charge in [-0.05, 0) is 87.1 Å². The molecule has 2 aliphatic heterocycles. The fourth-order valence-electron chi connectivity index (χ4n) is 6.26. The normalized spacial score (nSPS) is 26.1. The van der Waals surface area contributed by atoms with Gasteiger partial charge in [-0.3, -0.25) is 14.4 Å². The molecule has 5 rings (SSSR count). The number of hydrogen-bond acceptors (Lipinski definition) is 6. The lowest BCUT2D eigenvalue weighted by Crippen LogP contribution is -2.63. The third-order valence-electron chi connectivity index (χ3n) is 8.68. The molecule has 3 aliphatic rings. The maximum atomic E-state index is 13.9. The number of likely N-dealkylation sites (N-methyl/N-ethyl adjacent to an activating group) is 1. The first kappa shape index (κ1) is 30.9. The summed E-state index contributed by atoms with van der Waals surface area (Å²) in [4.78, 5) is 42.5. The fraction of sp³-hybridized carbons (Fsp3) is 0.545. The van der Waals surface area contributed by atoms with Gasteiger partial charge in [0.05, 0.1) is 11.6 Å². The van der Waals surface area contributed by atoms with E-state index in [-0.39, 0.29) is 24.3 Å². The molecule has 43 heavy (non-hydrogen) atoms. The molecule has 1 fully saturated rings. The number of hydrogen-bond donors (Lipinski definition) is 4. The Morgan fingerprint density at radius 1 is 1.00 bits per heavy atom. The Bertz CT molecular complexity index is 1320. The summed E-state index contributed by atoms with van der Waals surface area (Å²) in [6.07, 6.45) is 4.87. The van der Waals surface area contributed by atoms with E-state index in [4.69, 9.17) is 4.74 Å². The van der Waals surface area contributed by atoms with E-state index in [0.717, 1.165) is 42.6 Å². The zero-order valence-electron chi connectivity index (χ0n) is 25.2. The Morgan fingerprint density at radius 3 is 2.37 bits per heavy atom. The van der Waals surface area contributed by atoms with Gasteiger partial charge < -0.3 is 30.7 Å². The van der Waals surface area contributed by atoms with Crippen LogP contribution in [0.3, 0.4) is 0 Å². The van der Waals surface area contributed by atoms with Gasteiger partial charge in [0.25, 0.3) is 0 Å². The summed E-state index contributed by atoms with van der Waals surface area (Å²) in [6.45, 7) is 3.82. The van der Waals surface area contributed by atoms with Crippen molar-refractivity contribution in [1.82, 2.24) is 20.9 Å². The smallest absolute Gasteiger partial charge is 0.246 e. The molecule has 0 spiro atoms. The number of aryl methyl sites for hydroxylation is 2. The number of nitrogens with zero attached hydrogens (tertiary/aromatic N) is 1. The summed E-state index contributed by atoms with van der Waals surface area (Å²) in [5.41, 5.74) is 1.30. The van der Waals surface area contributed by atoms with Crippen LogP contribution in [-0.2, 0) is 33.6 Å². The zero-order chi connectivity index (χ0) is 30.7. The minimum atomic E-state index is -1.60. The number of amides is 3. The van der Waals surface area contributed by atoms with Crippen LogP contribution in [0.5, 0.6) is 5.75 Å². The number of benzene rings is 2. The SMILES string of the molecule is CN1C(=O)[C@H](C2CC2)NCC2CCc3cccc(c3O2)CCCNC(=O)[C@@H](Cc2ccc(F)cc2)NC(=O)[C@@H]1C(C)(C)O.